The van der Waals surface area contributed by atoms with E-state index in [9.17, 15) is 0 Å². The van der Waals surface area contributed by atoms with Gasteiger partial charge in [0.1, 0.15) is 0 Å². The van der Waals surface area contributed by atoms with E-state index in [0.29, 0.717) is 0 Å². The maximum absolute atomic E-state index is 3.75. The van der Waals surface area contributed by atoms with Crippen LogP contribution in [-0.4, -0.2) is 24.1 Å². The predicted octanol–water partition coefficient (Wildman–Crippen LogP) is 3.88. The van der Waals surface area contributed by atoms with Gasteiger partial charge in [-0.25, -0.2) is 0 Å². The molecule has 18 heavy (non-hydrogen) atoms. The van der Waals surface area contributed by atoms with Crippen LogP contribution in [0.15, 0.2) is 30.3 Å². The third kappa shape index (κ3) is 4.33. The lowest BCUT2D eigenvalue weighted by molar-refractivity contribution is 0.514. The Morgan fingerprint density at radius 2 is 2.00 bits per heavy atom. The van der Waals surface area contributed by atoms with Crippen LogP contribution in [0.4, 0.5) is 0 Å². The summed E-state index contributed by atoms with van der Waals surface area (Å²) in [5, 5.41) is 4.61. The largest absolute Gasteiger partial charge is 0.313 e. The summed E-state index contributed by atoms with van der Waals surface area (Å²) in [6, 6.07) is 11.6. The minimum atomic E-state index is 0.775. The molecule has 1 nitrogen and oxygen atoms in total. The lowest BCUT2D eigenvalue weighted by Crippen LogP contribution is -2.34. The smallest absolute Gasteiger partial charge is 0.0198 e. The molecular weight excluding hydrogens is 238 g/mol. The Bertz CT molecular complexity index is 325. The number of unbranched alkanes of at least 4 members (excludes halogenated alkanes) is 1. The number of nitrogens with one attached hydrogen (secondary N) is 1. The van der Waals surface area contributed by atoms with Gasteiger partial charge in [-0.15, -0.1) is 0 Å². The molecule has 0 bridgehead atoms. The predicted molar refractivity (Wildman–Crippen MR) is 82.3 cm³/mol. The number of benzene rings is 1. The van der Waals surface area contributed by atoms with E-state index in [2.05, 4.69) is 41.9 Å². The van der Waals surface area contributed by atoms with Gasteiger partial charge in [0, 0.05) is 11.3 Å². The number of hydrogen-bond acceptors (Lipinski definition) is 2. The van der Waals surface area contributed by atoms with Crippen LogP contribution in [-0.2, 0) is 6.42 Å². The van der Waals surface area contributed by atoms with E-state index in [1.54, 1.807) is 0 Å². The zero-order valence-electron chi connectivity index (χ0n) is 11.4. The molecule has 1 aliphatic carbocycles. The summed E-state index contributed by atoms with van der Waals surface area (Å²) < 4.78 is 0. The normalized spacial score (nSPS) is 23.4. The Balaban J connectivity index is 1.56. The van der Waals surface area contributed by atoms with Gasteiger partial charge >= 0.3 is 0 Å². The summed E-state index contributed by atoms with van der Waals surface area (Å²) in [5.41, 5.74) is 1.47. The van der Waals surface area contributed by atoms with Crippen LogP contribution in [0.2, 0.25) is 0 Å². The number of thioether (sulfide) groups is 1. The molecule has 0 heterocycles. The van der Waals surface area contributed by atoms with Gasteiger partial charge in [0.05, 0.1) is 0 Å². The minimum Gasteiger partial charge on any atom is -0.313 e. The van der Waals surface area contributed by atoms with Gasteiger partial charge in [-0.1, -0.05) is 36.8 Å². The molecule has 0 aromatic heterocycles. The molecule has 0 radical (unpaired) electrons. The summed E-state index contributed by atoms with van der Waals surface area (Å²) in [7, 11) is 0. The van der Waals surface area contributed by atoms with E-state index in [1.807, 2.05) is 11.8 Å². The molecule has 1 saturated carbocycles. The van der Waals surface area contributed by atoms with Crippen molar-refractivity contribution in [2.45, 2.75) is 49.8 Å². The lowest BCUT2D eigenvalue weighted by atomic mass is 10.1. The van der Waals surface area contributed by atoms with Crippen LogP contribution in [0, 0.1) is 0 Å². The second kappa shape index (κ2) is 7.85. The summed E-state index contributed by atoms with van der Waals surface area (Å²) in [5.74, 6) is 0. The van der Waals surface area contributed by atoms with E-state index in [0.717, 1.165) is 11.3 Å². The molecule has 2 rings (SSSR count). The van der Waals surface area contributed by atoms with Crippen molar-refractivity contribution in [3.63, 3.8) is 0 Å². The lowest BCUT2D eigenvalue weighted by Gasteiger charge is -2.19. The van der Waals surface area contributed by atoms with Crippen LogP contribution in [0.25, 0.3) is 0 Å². The van der Waals surface area contributed by atoms with Gasteiger partial charge in [-0.05, 0) is 50.5 Å². The molecule has 100 valence electrons. The molecule has 1 aliphatic rings. The van der Waals surface area contributed by atoms with Crippen molar-refractivity contribution in [3.8, 4) is 0 Å². The molecule has 1 N–H and O–H groups in total. The molecule has 1 fully saturated rings. The van der Waals surface area contributed by atoms with Crippen molar-refractivity contribution in [1.29, 1.82) is 0 Å². The minimum absolute atomic E-state index is 0.775. The number of rotatable bonds is 7. The molecule has 0 saturated heterocycles. The van der Waals surface area contributed by atoms with Gasteiger partial charge in [0.2, 0.25) is 0 Å². The molecule has 1 aromatic carbocycles. The first kappa shape index (κ1) is 14.0. The second-order valence-corrected chi connectivity index (χ2v) is 6.29. The summed E-state index contributed by atoms with van der Waals surface area (Å²) in [4.78, 5) is 0. The van der Waals surface area contributed by atoms with Crippen molar-refractivity contribution in [1.82, 2.24) is 5.32 Å². The summed E-state index contributed by atoms with van der Waals surface area (Å²) in [6.45, 7) is 1.19. The number of aryl methyl sites for hydroxylation is 1. The molecule has 0 spiro atoms. The molecule has 0 amide bonds. The van der Waals surface area contributed by atoms with Crippen LogP contribution in [0.5, 0.6) is 0 Å². The van der Waals surface area contributed by atoms with Crippen molar-refractivity contribution < 1.29 is 0 Å². The Morgan fingerprint density at radius 1 is 1.17 bits per heavy atom. The van der Waals surface area contributed by atoms with E-state index in [4.69, 9.17) is 0 Å². The molecule has 2 unspecified atom stereocenters. The third-order valence-electron chi connectivity index (χ3n) is 3.90. The third-order valence-corrected chi connectivity index (χ3v) is 5.07. The Hall–Kier alpha value is -0.470. The molecule has 1 aromatic rings. The van der Waals surface area contributed by atoms with E-state index >= 15 is 0 Å². The average molecular weight is 263 g/mol. The maximum atomic E-state index is 3.75. The van der Waals surface area contributed by atoms with Crippen LogP contribution in [0.3, 0.4) is 0 Å². The fourth-order valence-electron chi connectivity index (χ4n) is 2.83. The Labute approximate surface area is 116 Å². The zero-order chi connectivity index (χ0) is 12.6. The van der Waals surface area contributed by atoms with Crippen molar-refractivity contribution in [3.05, 3.63) is 35.9 Å². The number of hydrogen-bond donors (Lipinski definition) is 1. The first-order valence-corrected chi connectivity index (χ1v) is 8.49. The highest BCUT2D eigenvalue weighted by Gasteiger charge is 2.25. The van der Waals surface area contributed by atoms with Gasteiger partial charge in [-0.2, -0.15) is 11.8 Å². The fraction of sp³-hybridized carbons (Fsp3) is 0.625. The van der Waals surface area contributed by atoms with E-state index in [1.165, 1.54) is 50.6 Å². The van der Waals surface area contributed by atoms with Gasteiger partial charge in [0.15, 0.2) is 0 Å². The molecule has 2 atom stereocenters. The van der Waals surface area contributed by atoms with Crippen LogP contribution in [0.1, 0.15) is 37.7 Å². The van der Waals surface area contributed by atoms with Crippen LogP contribution >= 0.6 is 11.8 Å². The standard InChI is InChI=1S/C16H25NS/c1-18-16-12-7-11-15(16)17-13-6-5-10-14-8-3-2-4-9-14/h2-4,8-9,15-17H,5-7,10-13H2,1H3. The average Bonchev–Trinajstić information content (AvgIpc) is 2.87. The topological polar surface area (TPSA) is 12.0 Å². The summed E-state index contributed by atoms with van der Waals surface area (Å²) in [6.07, 6.45) is 10.3. The first-order chi connectivity index (χ1) is 8.90. The SMILES string of the molecule is CSC1CCCC1NCCCCc1ccccc1. The van der Waals surface area contributed by atoms with E-state index < -0.39 is 0 Å². The zero-order valence-corrected chi connectivity index (χ0v) is 12.2. The first-order valence-electron chi connectivity index (χ1n) is 7.20. The monoisotopic (exact) mass is 263 g/mol. The van der Waals surface area contributed by atoms with E-state index in [-0.39, 0.29) is 0 Å². The highest BCUT2D eigenvalue weighted by molar-refractivity contribution is 7.99. The highest BCUT2D eigenvalue weighted by atomic mass is 32.2. The van der Waals surface area contributed by atoms with Gasteiger partial charge in [-0.3, -0.25) is 0 Å². The molecular formula is C16H25NS. The van der Waals surface area contributed by atoms with Gasteiger partial charge < -0.3 is 5.32 Å². The molecule has 0 aliphatic heterocycles. The van der Waals surface area contributed by atoms with Crippen molar-refractivity contribution in [2.75, 3.05) is 12.8 Å². The second-order valence-electron chi connectivity index (χ2n) is 5.21. The van der Waals surface area contributed by atoms with Crippen molar-refractivity contribution in [2.24, 2.45) is 0 Å². The van der Waals surface area contributed by atoms with Crippen LogP contribution < -0.4 is 5.32 Å². The summed E-state index contributed by atoms with van der Waals surface area (Å²) >= 11 is 2.04. The van der Waals surface area contributed by atoms with Crippen molar-refractivity contribution >= 4 is 11.8 Å². The fourth-order valence-corrected chi connectivity index (χ4v) is 3.79. The Morgan fingerprint density at radius 3 is 2.78 bits per heavy atom. The quantitative estimate of drug-likeness (QED) is 0.749. The highest BCUT2D eigenvalue weighted by Crippen LogP contribution is 2.28. The van der Waals surface area contributed by atoms with Gasteiger partial charge in [0.25, 0.3) is 0 Å². The Kier molecular flexibility index (Phi) is 6.09. The molecule has 2 heteroatoms. The maximum Gasteiger partial charge on any atom is 0.0198 e.